The van der Waals surface area contributed by atoms with Gasteiger partial charge in [-0.05, 0) is 35.8 Å². The van der Waals surface area contributed by atoms with E-state index in [2.05, 4.69) is 34.2 Å². The monoisotopic (exact) mass is 282 g/mol. The Bertz CT molecular complexity index is 673. The number of methoxy groups -OCH3 is 1. The summed E-state index contributed by atoms with van der Waals surface area (Å²) in [6.07, 6.45) is 4.85. The van der Waals surface area contributed by atoms with Crippen LogP contribution in [0.15, 0.2) is 36.7 Å². The zero-order valence-corrected chi connectivity index (χ0v) is 11.9. The highest BCUT2D eigenvalue weighted by Crippen LogP contribution is 2.64. The standard InChI is InChI=1S/C17H18N2O2/c1-21-17-15(18-8-9-19-17)16(20)14-12-7-6-10-4-2-3-5-11(10)13(12)14/h2-5,8-9,12-14,16,20H,6-7H2,1H3. The van der Waals surface area contributed by atoms with E-state index in [-0.39, 0.29) is 5.92 Å². The van der Waals surface area contributed by atoms with Crippen LogP contribution in [0.3, 0.4) is 0 Å². The Morgan fingerprint density at radius 2 is 2.05 bits per heavy atom. The van der Waals surface area contributed by atoms with Gasteiger partial charge < -0.3 is 9.84 Å². The van der Waals surface area contributed by atoms with Gasteiger partial charge in [0, 0.05) is 18.3 Å². The van der Waals surface area contributed by atoms with Crippen molar-refractivity contribution in [1.82, 2.24) is 9.97 Å². The van der Waals surface area contributed by atoms with E-state index >= 15 is 0 Å². The molecular weight excluding hydrogens is 264 g/mol. The van der Waals surface area contributed by atoms with E-state index in [9.17, 15) is 5.11 Å². The van der Waals surface area contributed by atoms with Crippen molar-refractivity contribution >= 4 is 0 Å². The number of aromatic nitrogens is 2. The van der Waals surface area contributed by atoms with Crippen LogP contribution in [-0.4, -0.2) is 22.2 Å². The maximum Gasteiger partial charge on any atom is 0.238 e. The fraction of sp³-hybridized carbons (Fsp3) is 0.412. The zero-order chi connectivity index (χ0) is 14.4. The summed E-state index contributed by atoms with van der Waals surface area (Å²) in [5.41, 5.74) is 3.40. The van der Waals surface area contributed by atoms with Gasteiger partial charge in [-0.25, -0.2) is 4.98 Å². The van der Waals surface area contributed by atoms with Gasteiger partial charge in [0.25, 0.3) is 0 Å². The molecule has 2 aliphatic carbocycles. The van der Waals surface area contributed by atoms with Gasteiger partial charge >= 0.3 is 0 Å². The van der Waals surface area contributed by atoms with Gasteiger partial charge in [-0.1, -0.05) is 24.3 Å². The topological polar surface area (TPSA) is 55.2 Å². The van der Waals surface area contributed by atoms with Crippen molar-refractivity contribution in [1.29, 1.82) is 0 Å². The number of nitrogens with zero attached hydrogens (tertiary/aromatic N) is 2. The quantitative estimate of drug-likeness (QED) is 0.939. The van der Waals surface area contributed by atoms with Crippen molar-refractivity contribution in [2.45, 2.75) is 24.9 Å². The normalized spacial score (nSPS) is 27.4. The molecule has 2 aromatic rings. The lowest BCUT2D eigenvalue weighted by Gasteiger charge is -2.13. The lowest BCUT2D eigenvalue weighted by molar-refractivity contribution is 0.135. The predicted octanol–water partition coefficient (Wildman–Crippen LogP) is 2.49. The molecule has 1 saturated carbocycles. The summed E-state index contributed by atoms with van der Waals surface area (Å²) in [5.74, 6) is 1.68. The number of fused-ring (bicyclic) bond motifs is 3. The number of hydrogen-bond acceptors (Lipinski definition) is 4. The SMILES string of the molecule is COc1nccnc1C(O)C1C2CCc3ccccc3C21. The number of benzene rings is 1. The highest BCUT2D eigenvalue weighted by atomic mass is 16.5. The van der Waals surface area contributed by atoms with Crippen LogP contribution in [0, 0.1) is 11.8 Å². The molecule has 0 aliphatic heterocycles. The van der Waals surface area contributed by atoms with Gasteiger partial charge in [-0.15, -0.1) is 0 Å². The molecule has 0 radical (unpaired) electrons. The van der Waals surface area contributed by atoms with Crippen molar-refractivity contribution < 1.29 is 9.84 Å². The lowest BCUT2D eigenvalue weighted by Crippen LogP contribution is -2.08. The molecule has 0 amide bonds. The molecule has 108 valence electrons. The Hall–Kier alpha value is -1.94. The third-order valence-electron chi connectivity index (χ3n) is 4.92. The van der Waals surface area contributed by atoms with Gasteiger partial charge in [-0.2, -0.15) is 0 Å². The fourth-order valence-corrected chi connectivity index (χ4v) is 3.93. The van der Waals surface area contributed by atoms with Gasteiger partial charge in [0.05, 0.1) is 7.11 Å². The third-order valence-corrected chi connectivity index (χ3v) is 4.92. The summed E-state index contributed by atoms with van der Waals surface area (Å²) >= 11 is 0. The van der Waals surface area contributed by atoms with Crippen LogP contribution in [0.2, 0.25) is 0 Å². The molecule has 4 rings (SSSR count). The van der Waals surface area contributed by atoms with Gasteiger partial charge in [-0.3, -0.25) is 4.98 Å². The van der Waals surface area contributed by atoms with Crippen LogP contribution >= 0.6 is 0 Å². The van der Waals surface area contributed by atoms with Crippen LogP contribution in [0.4, 0.5) is 0 Å². The lowest BCUT2D eigenvalue weighted by atomic mass is 9.92. The first-order chi connectivity index (χ1) is 10.3. The van der Waals surface area contributed by atoms with E-state index in [1.807, 2.05) is 0 Å². The molecular formula is C17H18N2O2. The Kier molecular flexibility index (Phi) is 2.93. The van der Waals surface area contributed by atoms with Crippen LogP contribution in [0.25, 0.3) is 0 Å². The van der Waals surface area contributed by atoms with Crippen LogP contribution < -0.4 is 4.74 Å². The van der Waals surface area contributed by atoms with E-state index in [4.69, 9.17) is 4.74 Å². The molecule has 0 saturated heterocycles. The molecule has 1 aromatic heterocycles. The number of rotatable bonds is 3. The average molecular weight is 282 g/mol. The first-order valence-electron chi connectivity index (χ1n) is 7.42. The summed E-state index contributed by atoms with van der Waals surface area (Å²) in [4.78, 5) is 8.43. The molecule has 0 bridgehead atoms. The van der Waals surface area contributed by atoms with Crippen molar-refractivity contribution in [3.63, 3.8) is 0 Å². The van der Waals surface area contributed by atoms with Gasteiger partial charge in [0.15, 0.2) is 0 Å². The largest absolute Gasteiger partial charge is 0.480 e. The van der Waals surface area contributed by atoms with E-state index in [1.165, 1.54) is 11.1 Å². The van der Waals surface area contributed by atoms with Crippen molar-refractivity contribution in [3.05, 3.63) is 53.5 Å². The summed E-state index contributed by atoms with van der Waals surface area (Å²) < 4.78 is 5.23. The highest BCUT2D eigenvalue weighted by molar-refractivity contribution is 5.41. The molecule has 4 heteroatoms. The number of aliphatic hydroxyl groups excluding tert-OH is 1. The molecule has 4 nitrogen and oxygen atoms in total. The average Bonchev–Trinajstić information content (AvgIpc) is 3.29. The summed E-state index contributed by atoms with van der Waals surface area (Å²) in [5, 5.41) is 10.7. The molecule has 1 fully saturated rings. The molecule has 1 aromatic carbocycles. The third kappa shape index (κ3) is 1.94. The maximum atomic E-state index is 10.7. The Balaban J connectivity index is 1.65. The number of aryl methyl sites for hydroxylation is 1. The second-order valence-electron chi connectivity index (χ2n) is 5.90. The van der Waals surface area contributed by atoms with E-state index < -0.39 is 6.10 Å². The van der Waals surface area contributed by atoms with Crippen molar-refractivity contribution in [2.24, 2.45) is 11.8 Å². The Morgan fingerprint density at radius 3 is 2.90 bits per heavy atom. The molecule has 4 atom stereocenters. The van der Waals surface area contributed by atoms with E-state index in [0.29, 0.717) is 23.4 Å². The minimum Gasteiger partial charge on any atom is -0.480 e. The zero-order valence-electron chi connectivity index (χ0n) is 11.9. The summed E-state index contributed by atoms with van der Waals surface area (Å²) in [6, 6.07) is 8.59. The van der Waals surface area contributed by atoms with Crippen molar-refractivity contribution in [3.8, 4) is 5.88 Å². The first-order valence-corrected chi connectivity index (χ1v) is 7.42. The van der Waals surface area contributed by atoms with Crippen molar-refractivity contribution in [2.75, 3.05) is 7.11 Å². The van der Waals surface area contributed by atoms with E-state index in [1.54, 1.807) is 19.5 Å². The Morgan fingerprint density at radius 1 is 1.24 bits per heavy atom. The molecule has 0 spiro atoms. The van der Waals surface area contributed by atoms with Crippen LogP contribution in [0.1, 0.15) is 35.3 Å². The highest BCUT2D eigenvalue weighted by Gasteiger charge is 2.57. The number of aliphatic hydroxyl groups is 1. The summed E-state index contributed by atoms with van der Waals surface area (Å²) in [6.45, 7) is 0. The van der Waals surface area contributed by atoms with Crippen LogP contribution in [-0.2, 0) is 6.42 Å². The first kappa shape index (κ1) is 12.8. The minimum absolute atomic E-state index is 0.235. The number of ether oxygens (including phenoxy) is 1. The maximum absolute atomic E-state index is 10.7. The number of hydrogen-bond donors (Lipinski definition) is 1. The molecule has 4 unspecified atom stereocenters. The fourth-order valence-electron chi connectivity index (χ4n) is 3.93. The molecule has 2 aliphatic rings. The van der Waals surface area contributed by atoms with Crippen LogP contribution in [0.5, 0.6) is 5.88 Å². The Labute approximate surface area is 123 Å². The molecule has 21 heavy (non-hydrogen) atoms. The second kappa shape index (κ2) is 4.81. The second-order valence-corrected chi connectivity index (χ2v) is 5.90. The molecule has 1 heterocycles. The summed E-state index contributed by atoms with van der Waals surface area (Å²) in [7, 11) is 1.56. The van der Waals surface area contributed by atoms with Gasteiger partial charge in [0.2, 0.25) is 5.88 Å². The predicted molar refractivity (Wildman–Crippen MR) is 78.0 cm³/mol. The molecule has 1 N–H and O–H groups in total. The smallest absolute Gasteiger partial charge is 0.238 e. The van der Waals surface area contributed by atoms with E-state index in [0.717, 1.165) is 12.8 Å². The van der Waals surface area contributed by atoms with Gasteiger partial charge in [0.1, 0.15) is 11.8 Å². The minimum atomic E-state index is -0.602.